The Kier molecular flexibility index (Phi) is 3.14. The lowest BCUT2D eigenvalue weighted by Gasteiger charge is -2.38. The van der Waals surface area contributed by atoms with Crippen LogP contribution in [0.2, 0.25) is 0 Å². The molecule has 9 nitrogen and oxygen atoms in total. The summed E-state index contributed by atoms with van der Waals surface area (Å²) >= 11 is 0. The van der Waals surface area contributed by atoms with Gasteiger partial charge in [0, 0.05) is 13.1 Å². The Morgan fingerprint density at radius 2 is 1.75 bits per heavy atom. The predicted octanol–water partition coefficient (Wildman–Crippen LogP) is -2.20. The average Bonchev–Trinajstić information content (AvgIpc) is 2.14. The Balaban J connectivity index is 3.53. The summed E-state index contributed by atoms with van der Waals surface area (Å²) in [4.78, 5) is 0.314. The standard InChI is InChI=1S/C5H9N3O6S2/c6-4-8-2-1-7-3-5(8,15(9,10)11)16(12,13)14/h7H,1-3H2,(H,9,10,11)(H,12,13,14). The molecule has 3 N–H and O–H groups in total. The molecule has 0 unspecified atom stereocenters. The molecule has 1 fully saturated rings. The number of hydrogen-bond acceptors (Lipinski definition) is 7. The Labute approximate surface area is 92.2 Å². The lowest BCUT2D eigenvalue weighted by Crippen LogP contribution is -2.67. The Hall–Kier alpha value is -0.930. The van der Waals surface area contributed by atoms with E-state index >= 15 is 0 Å². The van der Waals surface area contributed by atoms with Crippen molar-refractivity contribution >= 4 is 20.2 Å². The van der Waals surface area contributed by atoms with Crippen LogP contribution in [0.5, 0.6) is 0 Å². The number of hydrogen-bond donors (Lipinski definition) is 3. The van der Waals surface area contributed by atoms with Gasteiger partial charge in [0.05, 0.1) is 6.54 Å². The fraction of sp³-hybridized carbons (Fsp3) is 0.800. The first-order chi connectivity index (χ1) is 7.17. The van der Waals surface area contributed by atoms with Gasteiger partial charge in [-0.25, -0.2) is 0 Å². The minimum Gasteiger partial charge on any atom is -0.310 e. The first-order valence-electron chi connectivity index (χ1n) is 3.99. The molecular formula is C5H9N3O6S2. The Bertz CT molecular complexity index is 485. The molecule has 0 aromatic carbocycles. The third-order valence-corrected chi connectivity index (χ3v) is 5.80. The van der Waals surface area contributed by atoms with Gasteiger partial charge in [0.25, 0.3) is 0 Å². The van der Waals surface area contributed by atoms with Gasteiger partial charge in [0.15, 0.2) is 6.19 Å². The summed E-state index contributed by atoms with van der Waals surface area (Å²) in [5, 5.41) is 11.0. The van der Waals surface area contributed by atoms with Crippen LogP contribution in [-0.2, 0) is 20.2 Å². The first-order valence-corrected chi connectivity index (χ1v) is 6.87. The lowest BCUT2D eigenvalue weighted by atomic mass is 10.4. The van der Waals surface area contributed by atoms with Crippen LogP contribution in [-0.4, -0.2) is 54.7 Å². The SMILES string of the molecule is N#CN1CCNCC1(S(=O)(=O)O)S(=O)(=O)O. The van der Waals surface area contributed by atoms with E-state index in [-0.39, 0.29) is 13.1 Å². The third kappa shape index (κ3) is 1.74. The largest absolute Gasteiger partial charge is 0.314 e. The topological polar surface area (TPSA) is 148 Å². The summed E-state index contributed by atoms with van der Waals surface area (Å²) in [6.07, 6.45) is 1.32. The molecule has 1 aliphatic rings. The smallest absolute Gasteiger partial charge is 0.310 e. The van der Waals surface area contributed by atoms with Crippen LogP contribution in [0.3, 0.4) is 0 Å². The fourth-order valence-corrected chi connectivity index (χ4v) is 3.88. The molecule has 0 aromatic rings. The van der Waals surface area contributed by atoms with Gasteiger partial charge in [-0.2, -0.15) is 22.1 Å². The first kappa shape index (κ1) is 13.1. The molecule has 11 heteroatoms. The molecular weight excluding hydrogens is 262 g/mol. The van der Waals surface area contributed by atoms with Crippen LogP contribution < -0.4 is 5.32 Å². The van der Waals surface area contributed by atoms with E-state index in [4.69, 9.17) is 14.4 Å². The summed E-state index contributed by atoms with van der Waals surface area (Å²) in [5.41, 5.74) is 0. The van der Waals surface area contributed by atoms with Crippen molar-refractivity contribution in [1.29, 1.82) is 5.26 Å². The lowest BCUT2D eigenvalue weighted by molar-refractivity contribution is 0.233. The van der Waals surface area contributed by atoms with Crippen LogP contribution in [0, 0.1) is 11.5 Å². The number of rotatable bonds is 2. The monoisotopic (exact) mass is 271 g/mol. The van der Waals surface area contributed by atoms with Gasteiger partial charge in [-0.05, 0) is 0 Å². The normalized spacial score (nSPS) is 21.4. The zero-order chi connectivity index (χ0) is 12.6. The fourth-order valence-electron chi connectivity index (χ4n) is 1.42. The van der Waals surface area contributed by atoms with Crippen molar-refractivity contribution in [1.82, 2.24) is 10.2 Å². The molecule has 0 atom stereocenters. The van der Waals surface area contributed by atoms with E-state index in [0.29, 0.717) is 4.90 Å². The van der Waals surface area contributed by atoms with E-state index in [2.05, 4.69) is 5.32 Å². The van der Waals surface area contributed by atoms with Crippen LogP contribution in [0.4, 0.5) is 0 Å². The molecule has 0 radical (unpaired) electrons. The number of nitrogens with one attached hydrogen (secondary N) is 1. The Morgan fingerprint density at radius 3 is 2.06 bits per heavy atom. The number of piperazine rings is 1. The van der Waals surface area contributed by atoms with Gasteiger partial charge in [-0.3, -0.25) is 14.0 Å². The van der Waals surface area contributed by atoms with E-state index in [9.17, 15) is 16.8 Å². The number of nitrogens with zero attached hydrogens (tertiary/aromatic N) is 2. The highest BCUT2D eigenvalue weighted by molar-refractivity contribution is 8.05. The molecule has 1 rings (SSSR count). The molecule has 0 aromatic heterocycles. The molecule has 0 bridgehead atoms. The highest BCUT2D eigenvalue weighted by Crippen LogP contribution is 2.28. The van der Waals surface area contributed by atoms with Crippen molar-refractivity contribution < 1.29 is 25.9 Å². The van der Waals surface area contributed by atoms with Crippen molar-refractivity contribution in [3.63, 3.8) is 0 Å². The van der Waals surface area contributed by atoms with Gasteiger partial charge < -0.3 is 5.32 Å². The van der Waals surface area contributed by atoms with Crippen LogP contribution in [0.15, 0.2) is 0 Å². The van der Waals surface area contributed by atoms with E-state index in [1.807, 2.05) is 0 Å². The quantitative estimate of drug-likeness (QED) is 0.376. The van der Waals surface area contributed by atoms with Crippen LogP contribution >= 0.6 is 0 Å². The summed E-state index contributed by atoms with van der Waals surface area (Å²) in [7, 11) is -10.4. The molecule has 0 spiro atoms. The molecule has 1 aliphatic heterocycles. The van der Waals surface area contributed by atoms with Gasteiger partial charge in [-0.15, -0.1) is 0 Å². The summed E-state index contributed by atoms with van der Waals surface area (Å²) < 4.78 is 59.2. The van der Waals surface area contributed by atoms with E-state index in [1.54, 1.807) is 0 Å². The van der Waals surface area contributed by atoms with E-state index in [0.717, 1.165) is 0 Å². The molecule has 1 heterocycles. The second-order valence-corrected chi connectivity index (χ2v) is 6.60. The van der Waals surface area contributed by atoms with Crippen molar-refractivity contribution in [2.45, 2.75) is 4.20 Å². The highest BCUT2D eigenvalue weighted by Gasteiger charge is 2.60. The van der Waals surface area contributed by atoms with Crippen LogP contribution in [0.25, 0.3) is 0 Å². The average molecular weight is 271 g/mol. The molecule has 16 heavy (non-hydrogen) atoms. The van der Waals surface area contributed by atoms with E-state index < -0.39 is 31.0 Å². The predicted molar refractivity (Wildman–Crippen MR) is 51.0 cm³/mol. The van der Waals surface area contributed by atoms with E-state index in [1.165, 1.54) is 6.19 Å². The maximum Gasteiger partial charge on any atom is 0.314 e. The maximum atomic E-state index is 11.1. The van der Waals surface area contributed by atoms with Gasteiger partial charge in [0.2, 0.25) is 0 Å². The van der Waals surface area contributed by atoms with Crippen LogP contribution in [0.1, 0.15) is 0 Å². The molecule has 0 saturated carbocycles. The summed E-state index contributed by atoms with van der Waals surface area (Å²) in [6.45, 7) is -0.908. The number of nitriles is 1. The van der Waals surface area contributed by atoms with Gasteiger partial charge in [0.1, 0.15) is 0 Å². The highest BCUT2D eigenvalue weighted by atomic mass is 32.3. The zero-order valence-electron chi connectivity index (χ0n) is 7.86. The van der Waals surface area contributed by atoms with Gasteiger partial charge >= 0.3 is 24.4 Å². The molecule has 92 valence electrons. The van der Waals surface area contributed by atoms with Crippen molar-refractivity contribution in [3.8, 4) is 6.19 Å². The molecule has 0 aliphatic carbocycles. The molecule has 1 saturated heterocycles. The zero-order valence-corrected chi connectivity index (χ0v) is 9.49. The third-order valence-electron chi connectivity index (χ3n) is 2.20. The second-order valence-electron chi connectivity index (χ2n) is 3.09. The van der Waals surface area contributed by atoms with Gasteiger partial charge in [-0.1, -0.05) is 0 Å². The minimum atomic E-state index is -5.20. The van der Waals surface area contributed by atoms with Crippen molar-refractivity contribution in [3.05, 3.63) is 0 Å². The van der Waals surface area contributed by atoms with Crippen molar-refractivity contribution in [2.24, 2.45) is 0 Å². The summed E-state index contributed by atoms with van der Waals surface area (Å²) in [5.74, 6) is 0. The minimum absolute atomic E-state index is 0.153. The molecule has 0 amide bonds. The summed E-state index contributed by atoms with van der Waals surface area (Å²) in [6, 6.07) is 0. The Morgan fingerprint density at radius 1 is 1.25 bits per heavy atom. The second kappa shape index (κ2) is 3.82. The maximum absolute atomic E-state index is 11.1. The van der Waals surface area contributed by atoms with Crippen molar-refractivity contribution in [2.75, 3.05) is 19.6 Å².